The van der Waals surface area contributed by atoms with Crippen molar-refractivity contribution in [1.29, 1.82) is 0 Å². The Labute approximate surface area is 506 Å². The molecule has 0 amide bonds. The number of methoxy groups -OCH3 is 2. The van der Waals surface area contributed by atoms with Crippen LogP contribution in [0.4, 0.5) is 0 Å². The van der Waals surface area contributed by atoms with Crippen LogP contribution in [0.3, 0.4) is 0 Å². The van der Waals surface area contributed by atoms with Crippen molar-refractivity contribution in [1.82, 2.24) is 0 Å². The molecule has 0 saturated carbocycles. The average molecular weight is 1200 g/mol. The number of carbonyl (C=O) groups excluding carboxylic acids is 6. The summed E-state index contributed by atoms with van der Waals surface area (Å²) in [4.78, 5) is 73.9. The van der Waals surface area contributed by atoms with Crippen LogP contribution in [-0.4, -0.2) is 116 Å². The monoisotopic (exact) mass is 1190 g/mol. The van der Waals surface area contributed by atoms with Gasteiger partial charge in [-0.2, -0.15) is 0 Å². The molecule has 0 atom stereocenters. The van der Waals surface area contributed by atoms with E-state index in [2.05, 4.69) is 13.2 Å². The van der Waals surface area contributed by atoms with Crippen molar-refractivity contribution >= 4 is 35.8 Å². The highest BCUT2D eigenvalue weighted by molar-refractivity contribution is 5.93. The van der Waals surface area contributed by atoms with E-state index in [0.29, 0.717) is 73.8 Å². The van der Waals surface area contributed by atoms with Gasteiger partial charge in [0.2, 0.25) is 0 Å². The van der Waals surface area contributed by atoms with E-state index < -0.39 is 35.8 Å². The Bertz CT molecular complexity index is 2930. The summed E-state index contributed by atoms with van der Waals surface area (Å²) < 4.78 is 71.6. The van der Waals surface area contributed by atoms with Gasteiger partial charge in [0, 0.05) is 12.2 Å². The lowest BCUT2D eigenvalue weighted by atomic mass is 10.0. The molecule has 87 heavy (non-hydrogen) atoms. The number of ether oxygens (including phenoxy) is 13. The standard InChI is InChI=1S/C68H74O19/c1-5-63(69)82-37-13-9-7-11-15-49-17-21-51(22-18-49)65(71)84-55-27-31-57(32-28-55)86-67(73)53-25-35-59(61(47-53)75-3)80-45-43-78-41-39-77-40-42-79-44-46-81-60-36-26-54(48-62(60)76-4)68(74)87-58-33-29-56(30-34-58)85-66(72)52-23-19-50(20-24-52)16-12-8-10-14-38-83-64(70)6-2/h5-6,17-36,47-48H,1-2,7-16,37-46H2,3-4H3. The predicted molar refractivity (Wildman–Crippen MR) is 322 cm³/mol. The smallest absolute Gasteiger partial charge is 0.343 e. The number of hydrogen-bond donors (Lipinski definition) is 0. The molecule has 0 bridgehead atoms. The lowest BCUT2D eigenvalue weighted by Gasteiger charge is -2.13. The molecular weight excluding hydrogens is 1120 g/mol. The van der Waals surface area contributed by atoms with Gasteiger partial charge in [-0.25, -0.2) is 28.8 Å². The molecule has 0 aliphatic rings. The van der Waals surface area contributed by atoms with Gasteiger partial charge in [-0.1, -0.05) is 63.1 Å². The fourth-order valence-corrected chi connectivity index (χ4v) is 8.25. The molecule has 0 unspecified atom stereocenters. The van der Waals surface area contributed by atoms with Gasteiger partial charge in [0.05, 0.1) is 89.3 Å². The first-order valence-electron chi connectivity index (χ1n) is 28.6. The number of hydrogen-bond acceptors (Lipinski definition) is 19. The zero-order valence-electron chi connectivity index (χ0n) is 49.2. The minimum Gasteiger partial charge on any atom is -0.493 e. The number of benzene rings is 6. The molecule has 0 radical (unpaired) electrons. The van der Waals surface area contributed by atoms with Crippen LogP contribution >= 0.6 is 0 Å². The predicted octanol–water partition coefficient (Wildman–Crippen LogP) is 11.8. The van der Waals surface area contributed by atoms with Crippen LogP contribution in [0.15, 0.2) is 159 Å². The zero-order chi connectivity index (χ0) is 61.9. The Morgan fingerprint density at radius 3 is 0.954 bits per heavy atom. The molecule has 0 heterocycles. The van der Waals surface area contributed by atoms with Crippen molar-refractivity contribution in [2.24, 2.45) is 0 Å². The van der Waals surface area contributed by atoms with Crippen LogP contribution in [0.1, 0.15) is 104 Å². The number of aryl methyl sites for hydroxylation is 2. The number of rotatable bonds is 40. The van der Waals surface area contributed by atoms with E-state index in [0.717, 1.165) is 87.5 Å². The molecule has 0 aliphatic heterocycles. The molecule has 19 nitrogen and oxygen atoms in total. The van der Waals surface area contributed by atoms with Crippen LogP contribution in [0, 0.1) is 0 Å². The third kappa shape index (κ3) is 24.3. The molecule has 19 heteroatoms. The Morgan fingerprint density at radius 1 is 0.333 bits per heavy atom. The van der Waals surface area contributed by atoms with Crippen molar-refractivity contribution < 1.29 is 90.3 Å². The number of unbranched alkanes of at least 4 members (excludes halogenated alkanes) is 6. The SMILES string of the molecule is C=CC(=O)OCCCCCCc1ccc(C(=O)Oc2ccc(OC(=O)c3ccc(OCCOCCOCCOCCOc4ccc(C(=O)Oc5ccc(OC(=O)c6ccc(CCCCCCOC(=O)C=C)cc6)cc5)cc4OC)c(OC)c3)cc2)cc1. The molecule has 0 N–H and O–H groups in total. The maximum atomic E-state index is 13.0. The molecule has 6 aromatic carbocycles. The Balaban J connectivity index is 0.777. The first-order valence-corrected chi connectivity index (χ1v) is 28.6. The van der Waals surface area contributed by atoms with Gasteiger partial charge < -0.3 is 61.6 Å². The highest BCUT2D eigenvalue weighted by Gasteiger charge is 2.17. The van der Waals surface area contributed by atoms with E-state index in [1.807, 2.05) is 24.3 Å². The first-order chi connectivity index (χ1) is 42.4. The van der Waals surface area contributed by atoms with Crippen LogP contribution < -0.4 is 37.9 Å². The van der Waals surface area contributed by atoms with Gasteiger partial charge >= 0.3 is 35.8 Å². The molecule has 460 valence electrons. The van der Waals surface area contributed by atoms with Crippen molar-refractivity contribution in [3.8, 4) is 46.0 Å². The molecular formula is C68H74O19. The summed E-state index contributed by atoms with van der Waals surface area (Å²) in [6.45, 7) is 9.81. The van der Waals surface area contributed by atoms with Gasteiger partial charge in [-0.05, 0) is 159 Å². The van der Waals surface area contributed by atoms with E-state index in [1.54, 1.807) is 48.5 Å². The summed E-state index contributed by atoms with van der Waals surface area (Å²) in [5.74, 6) is -0.542. The third-order valence-electron chi connectivity index (χ3n) is 12.9. The summed E-state index contributed by atoms with van der Waals surface area (Å²) in [5.41, 5.74) is 3.48. The van der Waals surface area contributed by atoms with Crippen LogP contribution in [0.25, 0.3) is 0 Å². The van der Waals surface area contributed by atoms with Crippen LogP contribution in [-0.2, 0) is 46.1 Å². The fraction of sp³-hybridized carbons (Fsp3) is 0.324. The number of esters is 6. The molecule has 0 aromatic heterocycles. The van der Waals surface area contributed by atoms with E-state index in [4.69, 9.17) is 61.6 Å². The summed E-state index contributed by atoms with van der Waals surface area (Å²) in [6.07, 6.45) is 11.5. The molecule has 6 rings (SSSR count). The van der Waals surface area contributed by atoms with Crippen LogP contribution in [0.5, 0.6) is 46.0 Å². The highest BCUT2D eigenvalue weighted by atomic mass is 16.6. The third-order valence-corrected chi connectivity index (χ3v) is 12.9. The average Bonchev–Trinajstić information content (AvgIpc) is 3.71. The van der Waals surface area contributed by atoms with Crippen molar-refractivity contribution in [3.63, 3.8) is 0 Å². The van der Waals surface area contributed by atoms with E-state index in [-0.39, 0.29) is 60.6 Å². The van der Waals surface area contributed by atoms with Crippen molar-refractivity contribution in [2.75, 3.05) is 80.3 Å². The summed E-state index contributed by atoms with van der Waals surface area (Å²) >= 11 is 0. The van der Waals surface area contributed by atoms with Crippen molar-refractivity contribution in [3.05, 3.63) is 192 Å². The van der Waals surface area contributed by atoms with Gasteiger partial charge in [0.25, 0.3) is 0 Å². The second kappa shape index (κ2) is 37.9. The summed E-state index contributed by atoms with van der Waals surface area (Å²) in [7, 11) is 2.93. The van der Waals surface area contributed by atoms with E-state index in [9.17, 15) is 28.8 Å². The first kappa shape index (κ1) is 66.8. The maximum absolute atomic E-state index is 13.0. The maximum Gasteiger partial charge on any atom is 0.343 e. The minimum absolute atomic E-state index is 0.211. The Hall–Kier alpha value is -9.30. The topological polar surface area (TPSA) is 222 Å². The minimum atomic E-state index is -0.625. The molecule has 0 fully saturated rings. The fourth-order valence-electron chi connectivity index (χ4n) is 8.25. The summed E-state index contributed by atoms with van der Waals surface area (Å²) in [6, 6.07) is 36.2. The van der Waals surface area contributed by atoms with E-state index in [1.165, 1.54) is 74.9 Å². The molecule has 0 saturated heterocycles. The zero-order valence-corrected chi connectivity index (χ0v) is 49.2. The van der Waals surface area contributed by atoms with Crippen molar-refractivity contribution in [2.45, 2.75) is 64.2 Å². The normalized spacial score (nSPS) is 10.7. The van der Waals surface area contributed by atoms with Gasteiger partial charge in [0.15, 0.2) is 23.0 Å². The molecule has 0 aliphatic carbocycles. The molecule has 6 aromatic rings. The lowest BCUT2D eigenvalue weighted by molar-refractivity contribution is -0.138. The van der Waals surface area contributed by atoms with Gasteiger partial charge in [0.1, 0.15) is 36.2 Å². The Kier molecular flexibility index (Phi) is 29.1. The summed E-state index contributed by atoms with van der Waals surface area (Å²) in [5, 5.41) is 0. The lowest BCUT2D eigenvalue weighted by Crippen LogP contribution is -2.14. The van der Waals surface area contributed by atoms with Gasteiger partial charge in [-0.15, -0.1) is 0 Å². The highest BCUT2D eigenvalue weighted by Crippen LogP contribution is 2.31. The second-order valence-electron chi connectivity index (χ2n) is 19.2. The largest absolute Gasteiger partial charge is 0.493 e. The van der Waals surface area contributed by atoms with Gasteiger partial charge in [-0.3, -0.25) is 0 Å². The number of carbonyl (C=O) groups is 6. The quantitative estimate of drug-likeness (QED) is 0.0151. The van der Waals surface area contributed by atoms with E-state index >= 15 is 0 Å². The van der Waals surface area contributed by atoms with Crippen LogP contribution in [0.2, 0.25) is 0 Å². The second-order valence-corrected chi connectivity index (χ2v) is 19.2. The Morgan fingerprint density at radius 2 is 0.632 bits per heavy atom. The molecule has 0 spiro atoms.